The number of halogens is 2. The third-order valence-corrected chi connectivity index (χ3v) is 2.57. The van der Waals surface area contributed by atoms with Crippen LogP contribution in [0, 0.1) is 19.7 Å². The molecule has 3 nitrogen and oxygen atoms in total. The van der Waals surface area contributed by atoms with Crippen molar-refractivity contribution in [3.8, 4) is 0 Å². The van der Waals surface area contributed by atoms with Crippen molar-refractivity contribution in [2.75, 3.05) is 0 Å². The molecule has 84 valence electrons. The molecule has 0 amide bonds. The fourth-order valence-corrected chi connectivity index (χ4v) is 1.73. The lowest BCUT2D eigenvalue weighted by Crippen LogP contribution is -2.04. The lowest BCUT2D eigenvalue weighted by Gasteiger charge is -2.04. The SMILES string of the molecule is Cc1nc(C)n(Cc2ccc(F)c(Cl)c2)n1. The van der Waals surface area contributed by atoms with Crippen LogP contribution in [0.15, 0.2) is 18.2 Å². The predicted molar refractivity (Wildman–Crippen MR) is 60.0 cm³/mol. The maximum absolute atomic E-state index is 13.0. The molecule has 0 bridgehead atoms. The summed E-state index contributed by atoms with van der Waals surface area (Å²) in [6.07, 6.45) is 0. The maximum atomic E-state index is 13.0. The maximum Gasteiger partial charge on any atom is 0.147 e. The van der Waals surface area contributed by atoms with Gasteiger partial charge in [-0.3, -0.25) is 0 Å². The quantitative estimate of drug-likeness (QED) is 0.807. The minimum absolute atomic E-state index is 0.131. The first-order chi connectivity index (χ1) is 7.56. The number of aryl methyl sites for hydroxylation is 2. The summed E-state index contributed by atoms with van der Waals surface area (Å²) < 4.78 is 14.7. The van der Waals surface area contributed by atoms with Crippen LogP contribution in [0.1, 0.15) is 17.2 Å². The zero-order valence-corrected chi connectivity index (χ0v) is 9.79. The standard InChI is InChI=1S/C11H11ClFN3/c1-7-14-8(2)16(15-7)6-9-3-4-11(13)10(12)5-9/h3-5H,6H2,1-2H3. The van der Waals surface area contributed by atoms with Crippen LogP contribution in [-0.4, -0.2) is 14.8 Å². The van der Waals surface area contributed by atoms with Gasteiger partial charge >= 0.3 is 0 Å². The first-order valence-corrected chi connectivity index (χ1v) is 5.26. The van der Waals surface area contributed by atoms with E-state index >= 15 is 0 Å². The van der Waals surface area contributed by atoms with Gasteiger partial charge in [0, 0.05) is 0 Å². The van der Waals surface area contributed by atoms with Gasteiger partial charge in [-0.05, 0) is 31.5 Å². The Morgan fingerprint density at radius 2 is 2.12 bits per heavy atom. The van der Waals surface area contributed by atoms with Crippen LogP contribution < -0.4 is 0 Å². The topological polar surface area (TPSA) is 30.7 Å². The van der Waals surface area contributed by atoms with Crippen LogP contribution >= 0.6 is 11.6 Å². The van der Waals surface area contributed by atoms with Crippen molar-refractivity contribution >= 4 is 11.6 Å². The van der Waals surface area contributed by atoms with Gasteiger partial charge in [0.25, 0.3) is 0 Å². The van der Waals surface area contributed by atoms with Gasteiger partial charge in [-0.15, -0.1) is 0 Å². The van der Waals surface area contributed by atoms with E-state index in [-0.39, 0.29) is 5.02 Å². The van der Waals surface area contributed by atoms with Gasteiger partial charge < -0.3 is 0 Å². The van der Waals surface area contributed by atoms with E-state index in [0.717, 1.165) is 17.2 Å². The zero-order chi connectivity index (χ0) is 11.7. The lowest BCUT2D eigenvalue weighted by atomic mass is 10.2. The summed E-state index contributed by atoms with van der Waals surface area (Å²) in [6.45, 7) is 4.26. The molecule has 2 rings (SSSR count). The average molecular weight is 240 g/mol. The number of hydrogen-bond acceptors (Lipinski definition) is 2. The van der Waals surface area contributed by atoms with E-state index in [9.17, 15) is 4.39 Å². The van der Waals surface area contributed by atoms with Crippen molar-refractivity contribution in [2.45, 2.75) is 20.4 Å². The van der Waals surface area contributed by atoms with E-state index in [2.05, 4.69) is 10.1 Å². The molecule has 0 N–H and O–H groups in total. The molecule has 1 heterocycles. The third kappa shape index (κ3) is 2.22. The minimum atomic E-state index is -0.406. The molecule has 0 radical (unpaired) electrons. The van der Waals surface area contributed by atoms with Gasteiger partial charge in [-0.2, -0.15) is 5.10 Å². The molecule has 0 atom stereocenters. The molecule has 0 saturated heterocycles. The van der Waals surface area contributed by atoms with Crippen LogP contribution in [0.2, 0.25) is 5.02 Å². The molecular formula is C11H11ClFN3. The molecule has 0 unspecified atom stereocenters. The summed E-state index contributed by atoms with van der Waals surface area (Å²) in [7, 11) is 0. The molecule has 16 heavy (non-hydrogen) atoms. The van der Waals surface area contributed by atoms with Crippen molar-refractivity contribution in [1.82, 2.24) is 14.8 Å². The van der Waals surface area contributed by atoms with Crippen LogP contribution in [-0.2, 0) is 6.54 Å². The molecule has 1 aromatic heterocycles. The van der Waals surface area contributed by atoms with Crippen molar-refractivity contribution in [3.05, 3.63) is 46.3 Å². The highest BCUT2D eigenvalue weighted by Gasteiger charge is 2.05. The predicted octanol–water partition coefficient (Wildman–Crippen LogP) is 2.74. The third-order valence-electron chi connectivity index (χ3n) is 2.28. The molecule has 0 aliphatic carbocycles. The smallest absolute Gasteiger partial charge is 0.147 e. The van der Waals surface area contributed by atoms with Crippen LogP contribution in [0.3, 0.4) is 0 Å². The van der Waals surface area contributed by atoms with Crippen molar-refractivity contribution in [3.63, 3.8) is 0 Å². The number of nitrogens with zero attached hydrogens (tertiary/aromatic N) is 3. The Labute approximate surface area is 97.9 Å². The highest BCUT2D eigenvalue weighted by atomic mass is 35.5. The Bertz CT molecular complexity index is 522. The highest BCUT2D eigenvalue weighted by molar-refractivity contribution is 6.30. The van der Waals surface area contributed by atoms with Crippen LogP contribution in [0.5, 0.6) is 0 Å². The summed E-state index contributed by atoms with van der Waals surface area (Å²) in [4.78, 5) is 4.19. The Kier molecular flexibility index (Phi) is 2.92. The van der Waals surface area contributed by atoms with Gasteiger partial charge in [0.1, 0.15) is 17.5 Å². The molecule has 1 aromatic carbocycles. The van der Waals surface area contributed by atoms with E-state index in [1.165, 1.54) is 6.07 Å². The number of benzene rings is 1. The van der Waals surface area contributed by atoms with E-state index in [1.807, 2.05) is 13.8 Å². The summed E-state index contributed by atoms with van der Waals surface area (Å²) >= 11 is 5.70. The van der Waals surface area contributed by atoms with Crippen molar-refractivity contribution < 1.29 is 4.39 Å². The number of aromatic nitrogens is 3. The highest BCUT2D eigenvalue weighted by Crippen LogP contribution is 2.16. The first-order valence-electron chi connectivity index (χ1n) is 4.88. The lowest BCUT2D eigenvalue weighted by molar-refractivity contribution is 0.622. The second kappa shape index (κ2) is 4.22. The van der Waals surface area contributed by atoms with Gasteiger partial charge in [0.15, 0.2) is 0 Å². The second-order valence-electron chi connectivity index (χ2n) is 3.61. The molecule has 0 aliphatic rings. The molecule has 0 aliphatic heterocycles. The van der Waals surface area contributed by atoms with Crippen molar-refractivity contribution in [2.24, 2.45) is 0 Å². The minimum Gasteiger partial charge on any atom is -0.246 e. The van der Waals surface area contributed by atoms with Gasteiger partial charge in [-0.25, -0.2) is 14.1 Å². The average Bonchev–Trinajstić information content (AvgIpc) is 2.51. The van der Waals surface area contributed by atoms with Gasteiger partial charge in [0.2, 0.25) is 0 Å². The first kappa shape index (κ1) is 11.1. The molecule has 0 saturated carbocycles. The molecule has 5 heteroatoms. The second-order valence-corrected chi connectivity index (χ2v) is 4.02. The normalized spacial score (nSPS) is 10.8. The van der Waals surface area contributed by atoms with E-state index in [0.29, 0.717) is 6.54 Å². The molecule has 0 fully saturated rings. The summed E-state index contributed by atoms with van der Waals surface area (Å²) in [6, 6.07) is 4.65. The molecule has 2 aromatic rings. The largest absolute Gasteiger partial charge is 0.246 e. The fourth-order valence-electron chi connectivity index (χ4n) is 1.52. The Hall–Kier alpha value is -1.42. The summed E-state index contributed by atoms with van der Waals surface area (Å²) in [5.74, 6) is 1.15. The molecular weight excluding hydrogens is 229 g/mol. The van der Waals surface area contributed by atoms with E-state index < -0.39 is 5.82 Å². The van der Waals surface area contributed by atoms with E-state index in [1.54, 1.807) is 16.8 Å². The number of hydrogen-bond donors (Lipinski definition) is 0. The number of rotatable bonds is 2. The Morgan fingerprint density at radius 1 is 1.38 bits per heavy atom. The fraction of sp³-hybridized carbons (Fsp3) is 0.273. The van der Waals surface area contributed by atoms with Crippen LogP contribution in [0.25, 0.3) is 0 Å². The summed E-state index contributed by atoms with van der Waals surface area (Å²) in [5, 5.41) is 4.36. The van der Waals surface area contributed by atoms with Gasteiger partial charge in [0.05, 0.1) is 11.6 Å². The monoisotopic (exact) mass is 239 g/mol. The van der Waals surface area contributed by atoms with E-state index in [4.69, 9.17) is 11.6 Å². The molecule has 0 spiro atoms. The Balaban J connectivity index is 2.27. The summed E-state index contributed by atoms with van der Waals surface area (Å²) in [5.41, 5.74) is 0.902. The van der Waals surface area contributed by atoms with Crippen LogP contribution in [0.4, 0.5) is 4.39 Å². The van der Waals surface area contributed by atoms with Crippen molar-refractivity contribution in [1.29, 1.82) is 0 Å². The van der Waals surface area contributed by atoms with Gasteiger partial charge in [-0.1, -0.05) is 17.7 Å². The Morgan fingerprint density at radius 3 is 2.69 bits per heavy atom. The zero-order valence-electron chi connectivity index (χ0n) is 9.04.